The molecule has 1 N–H and O–H groups in total. The van der Waals surface area contributed by atoms with Crippen molar-refractivity contribution in [1.29, 1.82) is 0 Å². The molecule has 1 amide bonds. The standard InChI is InChI=1S/C14H18N2O4S2/c1-8(2)22(18,19)9(3)13(17)16-14-15-12-10(20-4)6-5-7-11(12)21-14/h5-9H,1-4H3,(H,15,16,17). The van der Waals surface area contributed by atoms with Gasteiger partial charge >= 0.3 is 0 Å². The molecule has 1 heterocycles. The number of benzene rings is 1. The molecule has 0 aliphatic heterocycles. The Hall–Kier alpha value is -1.67. The molecular weight excluding hydrogens is 324 g/mol. The Bertz CT molecular complexity index is 796. The summed E-state index contributed by atoms with van der Waals surface area (Å²) in [6.07, 6.45) is 0. The third-order valence-electron chi connectivity index (χ3n) is 3.35. The fraction of sp³-hybridized carbons (Fsp3) is 0.429. The van der Waals surface area contributed by atoms with Crippen molar-refractivity contribution < 1.29 is 17.9 Å². The van der Waals surface area contributed by atoms with Crippen molar-refractivity contribution in [3.05, 3.63) is 18.2 Å². The van der Waals surface area contributed by atoms with Crippen LogP contribution < -0.4 is 10.1 Å². The smallest absolute Gasteiger partial charge is 0.244 e. The maximum Gasteiger partial charge on any atom is 0.244 e. The maximum absolute atomic E-state index is 12.1. The molecule has 0 aliphatic carbocycles. The van der Waals surface area contributed by atoms with E-state index >= 15 is 0 Å². The van der Waals surface area contributed by atoms with E-state index in [4.69, 9.17) is 4.74 Å². The third kappa shape index (κ3) is 3.07. The van der Waals surface area contributed by atoms with E-state index < -0.39 is 26.2 Å². The first-order chi connectivity index (χ1) is 10.3. The Balaban J connectivity index is 2.26. The van der Waals surface area contributed by atoms with E-state index in [0.717, 1.165) is 4.70 Å². The average molecular weight is 342 g/mol. The highest BCUT2D eigenvalue weighted by atomic mass is 32.2. The summed E-state index contributed by atoms with van der Waals surface area (Å²) in [5.41, 5.74) is 0.643. The first kappa shape index (κ1) is 16.7. The lowest BCUT2D eigenvalue weighted by Crippen LogP contribution is -2.36. The molecule has 0 radical (unpaired) electrons. The Kier molecular flexibility index (Phi) is 4.72. The molecule has 120 valence electrons. The zero-order valence-electron chi connectivity index (χ0n) is 12.8. The van der Waals surface area contributed by atoms with Crippen LogP contribution in [0, 0.1) is 0 Å². The van der Waals surface area contributed by atoms with E-state index in [9.17, 15) is 13.2 Å². The minimum absolute atomic E-state index is 0.357. The molecule has 1 atom stereocenters. The number of carbonyl (C=O) groups is 1. The van der Waals surface area contributed by atoms with Gasteiger partial charge in [-0.25, -0.2) is 13.4 Å². The lowest BCUT2D eigenvalue weighted by atomic mass is 10.3. The number of nitrogens with one attached hydrogen (secondary N) is 1. The summed E-state index contributed by atoms with van der Waals surface area (Å²) in [5, 5.41) is 1.20. The average Bonchev–Trinajstić information content (AvgIpc) is 2.88. The van der Waals surface area contributed by atoms with Crippen molar-refractivity contribution in [2.45, 2.75) is 31.3 Å². The summed E-state index contributed by atoms with van der Waals surface area (Å²) in [7, 11) is -1.95. The van der Waals surface area contributed by atoms with Gasteiger partial charge in [0.25, 0.3) is 0 Å². The first-order valence-corrected chi connectivity index (χ1v) is 9.17. The molecule has 1 aromatic heterocycles. The van der Waals surface area contributed by atoms with Crippen molar-refractivity contribution in [3.8, 4) is 5.75 Å². The number of aromatic nitrogens is 1. The first-order valence-electron chi connectivity index (χ1n) is 6.74. The lowest BCUT2D eigenvalue weighted by Gasteiger charge is -2.14. The number of amides is 1. The van der Waals surface area contributed by atoms with Crippen molar-refractivity contribution >= 4 is 42.4 Å². The number of thiazole rings is 1. The van der Waals surface area contributed by atoms with E-state index in [1.54, 1.807) is 27.0 Å². The van der Waals surface area contributed by atoms with E-state index in [1.807, 2.05) is 12.1 Å². The largest absolute Gasteiger partial charge is 0.494 e. The van der Waals surface area contributed by atoms with Gasteiger partial charge in [-0.1, -0.05) is 17.4 Å². The number of fused-ring (bicyclic) bond motifs is 1. The van der Waals surface area contributed by atoms with Crippen LogP contribution in [-0.4, -0.2) is 36.9 Å². The number of rotatable bonds is 5. The Morgan fingerprint density at radius 1 is 1.32 bits per heavy atom. The van der Waals surface area contributed by atoms with Crippen molar-refractivity contribution in [1.82, 2.24) is 4.98 Å². The Morgan fingerprint density at radius 2 is 2.00 bits per heavy atom. The molecule has 0 saturated heterocycles. The number of nitrogens with zero attached hydrogens (tertiary/aromatic N) is 1. The van der Waals surface area contributed by atoms with Gasteiger partial charge in [0.2, 0.25) is 5.91 Å². The van der Waals surface area contributed by atoms with Crippen LogP contribution in [0.3, 0.4) is 0 Å². The molecule has 2 rings (SSSR count). The molecule has 1 unspecified atom stereocenters. The van der Waals surface area contributed by atoms with Crippen LogP contribution >= 0.6 is 11.3 Å². The van der Waals surface area contributed by atoms with Gasteiger partial charge in [0.1, 0.15) is 16.5 Å². The van der Waals surface area contributed by atoms with Gasteiger partial charge in [0.05, 0.1) is 17.1 Å². The maximum atomic E-state index is 12.1. The molecule has 2 aromatic rings. The van der Waals surface area contributed by atoms with Gasteiger partial charge in [0.15, 0.2) is 15.0 Å². The second-order valence-corrected chi connectivity index (χ2v) is 8.95. The van der Waals surface area contributed by atoms with Crippen LogP contribution in [0.4, 0.5) is 5.13 Å². The predicted molar refractivity (Wildman–Crippen MR) is 88.3 cm³/mol. The van der Waals surface area contributed by atoms with Crippen LogP contribution in [-0.2, 0) is 14.6 Å². The Morgan fingerprint density at radius 3 is 2.59 bits per heavy atom. The van der Waals surface area contributed by atoms with Crippen LogP contribution in [0.5, 0.6) is 5.75 Å². The fourth-order valence-corrected chi connectivity index (χ4v) is 3.97. The minimum atomic E-state index is -3.50. The number of hydrogen-bond donors (Lipinski definition) is 1. The molecule has 8 heteroatoms. The van der Waals surface area contributed by atoms with E-state index in [0.29, 0.717) is 16.4 Å². The molecule has 0 fully saturated rings. The molecule has 6 nitrogen and oxygen atoms in total. The lowest BCUT2D eigenvalue weighted by molar-refractivity contribution is -0.115. The van der Waals surface area contributed by atoms with E-state index in [2.05, 4.69) is 10.3 Å². The number of ether oxygens (including phenoxy) is 1. The zero-order chi connectivity index (χ0) is 16.5. The summed E-state index contributed by atoms with van der Waals surface area (Å²) >= 11 is 1.27. The highest BCUT2D eigenvalue weighted by molar-refractivity contribution is 7.93. The zero-order valence-corrected chi connectivity index (χ0v) is 14.4. The molecule has 0 saturated carbocycles. The van der Waals surface area contributed by atoms with Gasteiger partial charge in [-0.2, -0.15) is 0 Å². The predicted octanol–water partition coefficient (Wildman–Crippen LogP) is 2.46. The van der Waals surface area contributed by atoms with Gasteiger partial charge < -0.3 is 10.1 Å². The topological polar surface area (TPSA) is 85.4 Å². The van der Waals surface area contributed by atoms with Gasteiger partial charge in [0, 0.05) is 0 Å². The number of carbonyl (C=O) groups excluding carboxylic acids is 1. The van der Waals surface area contributed by atoms with Gasteiger partial charge in [-0.05, 0) is 32.9 Å². The monoisotopic (exact) mass is 342 g/mol. The molecule has 1 aromatic carbocycles. The minimum Gasteiger partial charge on any atom is -0.494 e. The third-order valence-corrected chi connectivity index (χ3v) is 6.80. The van der Waals surface area contributed by atoms with E-state index in [1.165, 1.54) is 18.3 Å². The molecule has 0 spiro atoms. The summed E-state index contributed by atoms with van der Waals surface area (Å²) in [5.74, 6) is 0.0313. The van der Waals surface area contributed by atoms with Crippen molar-refractivity contribution in [3.63, 3.8) is 0 Å². The summed E-state index contributed by atoms with van der Waals surface area (Å²) in [4.78, 5) is 16.4. The van der Waals surface area contributed by atoms with Crippen LogP contribution in [0.2, 0.25) is 0 Å². The van der Waals surface area contributed by atoms with Gasteiger partial charge in [-0.15, -0.1) is 0 Å². The number of para-hydroxylation sites is 1. The molecule has 0 bridgehead atoms. The molecular formula is C14H18N2O4S2. The van der Waals surface area contributed by atoms with Crippen LogP contribution in [0.1, 0.15) is 20.8 Å². The van der Waals surface area contributed by atoms with Crippen LogP contribution in [0.15, 0.2) is 18.2 Å². The van der Waals surface area contributed by atoms with E-state index in [-0.39, 0.29) is 0 Å². The summed E-state index contributed by atoms with van der Waals surface area (Å²) < 4.78 is 30.1. The SMILES string of the molecule is COc1cccc2sc(NC(=O)C(C)S(=O)(=O)C(C)C)nc12. The number of methoxy groups -OCH3 is 1. The highest BCUT2D eigenvalue weighted by Crippen LogP contribution is 2.32. The summed E-state index contributed by atoms with van der Waals surface area (Å²) in [6, 6.07) is 5.47. The normalized spacial score (nSPS) is 13.3. The van der Waals surface area contributed by atoms with Crippen molar-refractivity contribution in [2.75, 3.05) is 12.4 Å². The fourth-order valence-electron chi connectivity index (χ4n) is 1.91. The summed E-state index contributed by atoms with van der Waals surface area (Å²) in [6.45, 7) is 4.50. The van der Waals surface area contributed by atoms with Crippen molar-refractivity contribution in [2.24, 2.45) is 0 Å². The van der Waals surface area contributed by atoms with Crippen LogP contribution in [0.25, 0.3) is 10.2 Å². The highest BCUT2D eigenvalue weighted by Gasteiger charge is 2.31. The quantitative estimate of drug-likeness (QED) is 0.902. The number of anilines is 1. The second kappa shape index (κ2) is 6.21. The molecule has 22 heavy (non-hydrogen) atoms. The Labute approximate surface area is 133 Å². The van der Waals surface area contributed by atoms with Gasteiger partial charge in [-0.3, -0.25) is 4.79 Å². The number of sulfone groups is 1. The molecule has 0 aliphatic rings. The number of hydrogen-bond acceptors (Lipinski definition) is 6. The second-order valence-electron chi connectivity index (χ2n) is 5.10.